The van der Waals surface area contributed by atoms with Gasteiger partial charge in [-0.2, -0.15) is 0 Å². The third-order valence-corrected chi connectivity index (χ3v) is 2.16. The molecule has 0 saturated carbocycles. The molecular weight excluding hydrogens is 248 g/mol. The molecule has 0 aliphatic carbocycles. The summed E-state index contributed by atoms with van der Waals surface area (Å²) in [5, 5.41) is 0. The highest BCUT2D eigenvalue weighted by molar-refractivity contribution is 9.10. The Morgan fingerprint density at radius 3 is 2.57 bits per heavy atom. The maximum absolute atomic E-state index is 10.8. The Labute approximate surface area is 91.1 Å². The Morgan fingerprint density at radius 1 is 1.43 bits per heavy atom. The van der Waals surface area contributed by atoms with E-state index in [1.807, 2.05) is 6.92 Å². The van der Waals surface area contributed by atoms with Gasteiger partial charge in [0.15, 0.2) is 6.29 Å². The van der Waals surface area contributed by atoms with Crippen LogP contribution < -0.4 is 9.47 Å². The number of ether oxygens (including phenoxy) is 2. The SMILES string of the molecule is CCOc1cc(Br)cc(OC)c1C=O. The Morgan fingerprint density at radius 2 is 2.07 bits per heavy atom. The quantitative estimate of drug-likeness (QED) is 0.780. The van der Waals surface area contributed by atoms with E-state index in [1.165, 1.54) is 7.11 Å². The van der Waals surface area contributed by atoms with Crippen molar-refractivity contribution >= 4 is 22.2 Å². The van der Waals surface area contributed by atoms with Crippen molar-refractivity contribution < 1.29 is 14.3 Å². The molecule has 0 fully saturated rings. The average Bonchev–Trinajstić information content (AvgIpc) is 2.17. The topological polar surface area (TPSA) is 35.5 Å². The zero-order valence-corrected chi connectivity index (χ0v) is 9.63. The van der Waals surface area contributed by atoms with Crippen molar-refractivity contribution in [1.29, 1.82) is 0 Å². The predicted octanol–water partition coefficient (Wildman–Crippen LogP) is 2.67. The molecule has 0 heterocycles. The molecule has 0 atom stereocenters. The van der Waals surface area contributed by atoms with Crippen molar-refractivity contribution in [2.45, 2.75) is 6.92 Å². The van der Waals surface area contributed by atoms with E-state index in [0.717, 1.165) is 10.8 Å². The van der Waals surface area contributed by atoms with Crippen LogP contribution >= 0.6 is 15.9 Å². The summed E-state index contributed by atoms with van der Waals surface area (Å²) in [5.41, 5.74) is 0.442. The summed E-state index contributed by atoms with van der Waals surface area (Å²) >= 11 is 3.31. The fourth-order valence-corrected chi connectivity index (χ4v) is 1.54. The summed E-state index contributed by atoms with van der Waals surface area (Å²) in [6.45, 7) is 2.38. The van der Waals surface area contributed by atoms with Crippen LogP contribution in [0, 0.1) is 0 Å². The van der Waals surface area contributed by atoms with Gasteiger partial charge in [0.2, 0.25) is 0 Å². The van der Waals surface area contributed by atoms with Gasteiger partial charge in [-0.25, -0.2) is 0 Å². The molecule has 0 aromatic heterocycles. The van der Waals surface area contributed by atoms with E-state index in [4.69, 9.17) is 9.47 Å². The molecule has 0 saturated heterocycles. The molecule has 0 aliphatic rings. The smallest absolute Gasteiger partial charge is 0.157 e. The van der Waals surface area contributed by atoms with E-state index in [-0.39, 0.29) is 0 Å². The summed E-state index contributed by atoms with van der Waals surface area (Å²) < 4.78 is 11.2. The van der Waals surface area contributed by atoms with Crippen LogP contribution in [-0.2, 0) is 0 Å². The summed E-state index contributed by atoms with van der Waals surface area (Å²) in [6.07, 6.45) is 0.732. The first-order valence-corrected chi connectivity index (χ1v) is 4.97. The third-order valence-electron chi connectivity index (χ3n) is 1.71. The number of halogens is 1. The fourth-order valence-electron chi connectivity index (χ4n) is 1.13. The molecule has 4 heteroatoms. The second-order valence-electron chi connectivity index (χ2n) is 2.57. The first-order valence-electron chi connectivity index (χ1n) is 4.18. The van der Waals surface area contributed by atoms with Gasteiger partial charge in [0, 0.05) is 4.47 Å². The molecular formula is C10H11BrO3. The fraction of sp³-hybridized carbons (Fsp3) is 0.300. The maximum Gasteiger partial charge on any atom is 0.157 e. The standard InChI is InChI=1S/C10H11BrO3/c1-3-14-10-5-7(11)4-9(13-2)8(10)6-12/h4-6H,3H2,1-2H3. The lowest BCUT2D eigenvalue weighted by Crippen LogP contribution is -1.98. The molecule has 1 aromatic rings. The van der Waals surface area contributed by atoms with Crippen molar-refractivity contribution in [3.05, 3.63) is 22.2 Å². The Hall–Kier alpha value is -1.03. The zero-order chi connectivity index (χ0) is 10.6. The summed E-state index contributed by atoms with van der Waals surface area (Å²) in [7, 11) is 1.52. The molecule has 14 heavy (non-hydrogen) atoms. The van der Waals surface area contributed by atoms with E-state index in [1.54, 1.807) is 12.1 Å². The molecule has 0 N–H and O–H groups in total. The minimum Gasteiger partial charge on any atom is -0.496 e. The van der Waals surface area contributed by atoms with Crippen molar-refractivity contribution in [3.8, 4) is 11.5 Å². The maximum atomic E-state index is 10.8. The van der Waals surface area contributed by atoms with Crippen LogP contribution in [0.15, 0.2) is 16.6 Å². The van der Waals surface area contributed by atoms with Crippen molar-refractivity contribution in [2.75, 3.05) is 13.7 Å². The molecule has 1 rings (SSSR count). The first kappa shape index (κ1) is 11.0. The van der Waals surface area contributed by atoms with Crippen molar-refractivity contribution in [2.24, 2.45) is 0 Å². The minimum absolute atomic E-state index is 0.442. The summed E-state index contributed by atoms with van der Waals surface area (Å²) in [6, 6.07) is 3.47. The van der Waals surface area contributed by atoms with E-state index in [9.17, 15) is 4.79 Å². The van der Waals surface area contributed by atoms with Crippen LogP contribution in [-0.4, -0.2) is 20.0 Å². The normalized spacial score (nSPS) is 9.64. The van der Waals surface area contributed by atoms with Gasteiger partial charge in [-0.15, -0.1) is 0 Å². The van der Waals surface area contributed by atoms with Gasteiger partial charge in [-0.3, -0.25) is 4.79 Å². The Kier molecular flexibility index (Phi) is 3.95. The number of hydrogen-bond donors (Lipinski definition) is 0. The van der Waals surface area contributed by atoms with Crippen LogP contribution in [0.2, 0.25) is 0 Å². The summed E-state index contributed by atoms with van der Waals surface area (Å²) in [5.74, 6) is 1.05. The molecule has 0 unspecified atom stereocenters. The second-order valence-corrected chi connectivity index (χ2v) is 3.49. The monoisotopic (exact) mass is 258 g/mol. The van der Waals surface area contributed by atoms with Crippen molar-refractivity contribution in [1.82, 2.24) is 0 Å². The van der Waals surface area contributed by atoms with Gasteiger partial charge in [0.25, 0.3) is 0 Å². The Bertz CT molecular complexity index is 336. The molecule has 1 aromatic carbocycles. The largest absolute Gasteiger partial charge is 0.496 e. The molecule has 3 nitrogen and oxygen atoms in total. The molecule has 0 radical (unpaired) electrons. The molecule has 0 spiro atoms. The number of carbonyl (C=O) groups excluding carboxylic acids is 1. The number of benzene rings is 1. The first-order chi connectivity index (χ1) is 6.72. The van der Waals surface area contributed by atoms with Gasteiger partial charge in [-0.05, 0) is 19.1 Å². The van der Waals surface area contributed by atoms with E-state index in [0.29, 0.717) is 23.7 Å². The van der Waals surface area contributed by atoms with Crippen LogP contribution in [0.5, 0.6) is 11.5 Å². The van der Waals surface area contributed by atoms with Gasteiger partial charge in [0.05, 0.1) is 19.3 Å². The van der Waals surface area contributed by atoms with E-state index < -0.39 is 0 Å². The highest BCUT2D eigenvalue weighted by Crippen LogP contribution is 2.31. The lowest BCUT2D eigenvalue weighted by Gasteiger charge is -2.10. The molecule has 0 bridgehead atoms. The van der Waals surface area contributed by atoms with Crippen LogP contribution in [0.4, 0.5) is 0 Å². The van der Waals surface area contributed by atoms with E-state index >= 15 is 0 Å². The van der Waals surface area contributed by atoms with Gasteiger partial charge >= 0.3 is 0 Å². The minimum atomic E-state index is 0.442. The molecule has 0 amide bonds. The average molecular weight is 259 g/mol. The highest BCUT2D eigenvalue weighted by atomic mass is 79.9. The summed E-state index contributed by atoms with van der Waals surface area (Å²) in [4.78, 5) is 10.8. The molecule has 76 valence electrons. The van der Waals surface area contributed by atoms with Gasteiger partial charge < -0.3 is 9.47 Å². The Balaban J connectivity index is 3.24. The zero-order valence-electron chi connectivity index (χ0n) is 8.04. The number of rotatable bonds is 4. The van der Waals surface area contributed by atoms with Gasteiger partial charge in [0.1, 0.15) is 11.5 Å². The lowest BCUT2D eigenvalue weighted by molar-refractivity contribution is 0.111. The van der Waals surface area contributed by atoms with Crippen LogP contribution in [0.3, 0.4) is 0 Å². The lowest BCUT2D eigenvalue weighted by atomic mass is 10.2. The number of aldehydes is 1. The number of carbonyl (C=O) groups is 1. The predicted molar refractivity (Wildman–Crippen MR) is 57.3 cm³/mol. The highest BCUT2D eigenvalue weighted by Gasteiger charge is 2.10. The second kappa shape index (κ2) is 5.00. The van der Waals surface area contributed by atoms with Crippen molar-refractivity contribution in [3.63, 3.8) is 0 Å². The molecule has 0 aliphatic heterocycles. The van der Waals surface area contributed by atoms with Crippen LogP contribution in [0.25, 0.3) is 0 Å². The van der Waals surface area contributed by atoms with Crippen LogP contribution in [0.1, 0.15) is 17.3 Å². The third kappa shape index (κ3) is 2.26. The van der Waals surface area contributed by atoms with Gasteiger partial charge in [-0.1, -0.05) is 15.9 Å². The number of methoxy groups -OCH3 is 1. The van der Waals surface area contributed by atoms with E-state index in [2.05, 4.69) is 15.9 Å². The number of hydrogen-bond acceptors (Lipinski definition) is 3.